The van der Waals surface area contributed by atoms with Gasteiger partial charge in [-0.05, 0) is 24.3 Å². The standard InChI is InChI=1S/C10H19ClO/c1-9(2)5-4-6-12-8-10(3)7-11/h9H,3-8H2,1-2H3. The summed E-state index contributed by atoms with van der Waals surface area (Å²) in [5, 5.41) is 0. The highest BCUT2D eigenvalue weighted by atomic mass is 35.5. The molecule has 0 rings (SSSR count). The second-order valence-corrected chi connectivity index (χ2v) is 3.74. The molecule has 0 radical (unpaired) electrons. The lowest BCUT2D eigenvalue weighted by molar-refractivity contribution is 0.149. The third-order valence-electron chi connectivity index (χ3n) is 1.57. The molecule has 0 aromatic carbocycles. The summed E-state index contributed by atoms with van der Waals surface area (Å²) in [6, 6.07) is 0. The molecule has 0 atom stereocenters. The Morgan fingerprint density at radius 3 is 2.67 bits per heavy atom. The Bertz CT molecular complexity index is 121. The monoisotopic (exact) mass is 190 g/mol. The number of rotatable bonds is 7. The first kappa shape index (κ1) is 12.0. The Morgan fingerprint density at radius 2 is 2.17 bits per heavy atom. The largest absolute Gasteiger partial charge is 0.377 e. The lowest BCUT2D eigenvalue weighted by Crippen LogP contribution is -2.01. The van der Waals surface area contributed by atoms with E-state index in [9.17, 15) is 0 Å². The smallest absolute Gasteiger partial charge is 0.0685 e. The fraction of sp³-hybridized carbons (Fsp3) is 0.800. The Morgan fingerprint density at radius 1 is 1.50 bits per heavy atom. The van der Waals surface area contributed by atoms with Crippen molar-refractivity contribution in [2.24, 2.45) is 5.92 Å². The molecule has 72 valence electrons. The minimum absolute atomic E-state index is 0.504. The summed E-state index contributed by atoms with van der Waals surface area (Å²) < 4.78 is 5.35. The molecule has 1 nitrogen and oxygen atoms in total. The van der Waals surface area contributed by atoms with Gasteiger partial charge in [-0.25, -0.2) is 0 Å². The highest BCUT2D eigenvalue weighted by Crippen LogP contribution is 2.03. The van der Waals surface area contributed by atoms with Gasteiger partial charge >= 0.3 is 0 Å². The second-order valence-electron chi connectivity index (χ2n) is 3.47. The molecule has 0 aliphatic heterocycles. The molecule has 0 bridgehead atoms. The van der Waals surface area contributed by atoms with Gasteiger partial charge in [0.25, 0.3) is 0 Å². The number of ether oxygens (including phenoxy) is 1. The van der Waals surface area contributed by atoms with E-state index in [4.69, 9.17) is 16.3 Å². The summed E-state index contributed by atoms with van der Waals surface area (Å²) in [6.07, 6.45) is 2.36. The van der Waals surface area contributed by atoms with E-state index < -0.39 is 0 Å². The van der Waals surface area contributed by atoms with Crippen molar-refractivity contribution in [2.75, 3.05) is 19.1 Å². The van der Waals surface area contributed by atoms with Gasteiger partial charge in [0, 0.05) is 12.5 Å². The van der Waals surface area contributed by atoms with Gasteiger partial charge in [0.1, 0.15) is 0 Å². The molecule has 0 saturated carbocycles. The van der Waals surface area contributed by atoms with E-state index in [-0.39, 0.29) is 0 Å². The molecule has 0 aliphatic carbocycles. The van der Waals surface area contributed by atoms with Crippen LogP contribution < -0.4 is 0 Å². The van der Waals surface area contributed by atoms with Gasteiger partial charge in [-0.2, -0.15) is 0 Å². The summed E-state index contributed by atoms with van der Waals surface area (Å²) in [4.78, 5) is 0. The van der Waals surface area contributed by atoms with Crippen molar-refractivity contribution in [3.63, 3.8) is 0 Å². The maximum atomic E-state index is 5.54. The van der Waals surface area contributed by atoms with Crippen molar-refractivity contribution >= 4 is 11.6 Å². The van der Waals surface area contributed by atoms with Crippen LogP contribution in [0.3, 0.4) is 0 Å². The van der Waals surface area contributed by atoms with Crippen LogP contribution in [0.4, 0.5) is 0 Å². The van der Waals surface area contributed by atoms with Crippen LogP contribution in [0.15, 0.2) is 12.2 Å². The van der Waals surface area contributed by atoms with E-state index in [1.807, 2.05) is 0 Å². The summed E-state index contributed by atoms with van der Waals surface area (Å²) in [5.41, 5.74) is 0.959. The lowest BCUT2D eigenvalue weighted by atomic mass is 10.1. The van der Waals surface area contributed by atoms with E-state index in [0.29, 0.717) is 12.5 Å². The van der Waals surface area contributed by atoms with Crippen molar-refractivity contribution in [3.8, 4) is 0 Å². The second kappa shape index (κ2) is 7.63. The predicted octanol–water partition coefficient (Wildman–Crippen LogP) is 3.23. The Hall–Kier alpha value is -0.0100. The van der Waals surface area contributed by atoms with Crippen LogP contribution in [0.2, 0.25) is 0 Å². The Balaban J connectivity index is 3.05. The zero-order chi connectivity index (χ0) is 9.40. The van der Waals surface area contributed by atoms with Crippen molar-refractivity contribution in [3.05, 3.63) is 12.2 Å². The van der Waals surface area contributed by atoms with E-state index >= 15 is 0 Å². The van der Waals surface area contributed by atoms with Gasteiger partial charge < -0.3 is 4.74 Å². The van der Waals surface area contributed by atoms with Crippen LogP contribution in [0.25, 0.3) is 0 Å². The zero-order valence-corrected chi connectivity index (χ0v) is 8.86. The molecule has 0 amide bonds. The molecule has 0 N–H and O–H groups in total. The highest BCUT2D eigenvalue weighted by molar-refractivity contribution is 6.19. The number of hydrogen-bond donors (Lipinski definition) is 0. The summed E-state index contributed by atoms with van der Waals surface area (Å²) in [6.45, 7) is 9.63. The zero-order valence-electron chi connectivity index (χ0n) is 8.11. The first-order valence-electron chi connectivity index (χ1n) is 4.47. The molecule has 0 spiro atoms. The van der Waals surface area contributed by atoms with Gasteiger partial charge in [0.2, 0.25) is 0 Å². The van der Waals surface area contributed by atoms with E-state index in [1.165, 1.54) is 6.42 Å². The Kier molecular flexibility index (Phi) is 7.62. The molecule has 0 aromatic heterocycles. The van der Waals surface area contributed by atoms with Crippen molar-refractivity contribution in [2.45, 2.75) is 26.7 Å². The molecule has 2 heteroatoms. The summed E-state index contributed by atoms with van der Waals surface area (Å²) in [7, 11) is 0. The van der Waals surface area contributed by atoms with E-state index in [0.717, 1.165) is 24.5 Å². The fourth-order valence-corrected chi connectivity index (χ4v) is 0.926. The van der Waals surface area contributed by atoms with Crippen LogP contribution >= 0.6 is 11.6 Å². The average molecular weight is 191 g/mol. The van der Waals surface area contributed by atoms with Crippen molar-refractivity contribution in [1.29, 1.82) is 0 Å². The van der Waals surface area contributed by atoms with Crippen LogP contribution in [-0.4, -0.2) is 19.1 Å². The SMILES string of the molecule is C=C(CCl)COCCCC(C)C. The van der Waals surface area contributed by atoms with Gasteiger partial charge in [-0.15, -0.1) is 11.6 Å². The normalized spacial score (nSPS) is 10.7. The summed E-state index contributed by atoms with van der Waals surface area (Å²) in [5.74, 6) is 1.27. The molecule has 0 fully saturated rings. The van der Waals surface area contributed by atoms with Crippen LogP contribution in [-0.2, 0) is 4.74 Å². The van der Waals surface area contributed by atoms with Gasteiger partial charge in [-0.3, -0.25) is 0 Å². The quantitative estimate of drug-likeness (QED) is 0.340. The van der Waals surface area contributed by atoms with Gasteiger partial charge in [0.05, 0.1) is 6.61 Å². The molecule has 0 aliphatic rings. The van der Waals surface area contributed by atoms with Crippen molar-refractivity contribution < 1.29 is 4.74 Å². The predicted molar refractivity (Wildman–Crippen MR) is 54.8 cm³/mol. The fourth-order valence-electron chi connectivity index (χ4n) is 0.849. The molecular weight excluding hydrogens is 172 g/mol. The van der Waals surface area contributed by atoms with E-state index in [1.54, 1.807) is 0 Å². The number of halogens is 1. The maximum absolute atomic E-state index is 5.54. The Labute approximate surface area is 80.8 Å². The molecule has 0 unspecified atom stereocenters. The molecule has 0 saturated heterocycles. The highest BCUT2D eigenvalue weighted by Gasteiger charge is 1.95. The minimum Gasteiger partial charge on any atom is -0.377 e. The topological polar surface area (TPSA) is 9.23 Å². The molecule has 0 heterocycles. The van der Waals surface area contributed by atoms with Crippen molar-refractivity contribution in [1.82, 2.24) is 0 Å². The van der Waals surface area contributed by atoms with Crippen LogP contribution in [0.5, 0.6) is 0 Å². The third kappa shape index (κ3) is 8.09. The third-order valence-corrected chi connectivity index (χ3v) is 1.94. The maximum Gasteiger partial charge on any atom is 0.0685 e. The van der Waals surface area contributed by atoms with Crippen LogP contribution in [0, 0.1) is 5.92 Å². The minimum atomic E-state index is 0.504. The first-order valence-corrected chi connectivity index (χ1v) is 5.00. The molecular formula is C10H19ClO. The van der Waals surface area contributed by atoms with Gasteiger partial charge in [0.15, 0.2) is 0 Å². The first-order chi connectivity index (χ1) is 5.66. The van der Waals surface area contributed by atoms with Crippen LogP contribution in [0.1, 0.15) is 26.7 Å². The number of hydrogen-bond acceptors (Lipinski definition) is 1. The summed E-state index contributed by atoms with van der Waals surface area (Å²) >= 11 is 5.54. The molecule has 12 heavy (non-hydrogen) atoms. The number of alkyl halides is 1. The van der Waals surface area contributed by atoms with E-state index in [2.05, 4.69) is 20.4 Å². The lowest BCUT2D eigenvalue weighted by Gasteiger charge is -2.06. The molecule has 0 aromatic rings. The average Bonchev–Trinajstić information content (AvgIpc) is 2.03. The van der Waals surface area contributed by atoms with Gasteiger partial charge in [-0.1, -0.05) is 20.4 Å².